The van der Waals surface area contributed by atoms with Gasteiger partial charge in [0.15, 0.2) is 0 Å². The van der Waals surface area contributed by atoms with Crippen LogP contribution in [0, 0.1) is 0 Å². The van der Waals surface area contributed by atoms with Crippen LogP contribution in [0.1, 0.15) is 11.1 Å². The van der Waals surface area contributed by atoms with Gasteiger partial charge in [0.25, 0.3) is 0 Å². The summed E-state index contributed by atoms with van der Waals surface area (Å²) in [6.45, 7) is 0. The summed E-state index contributed by atoms with van der Waals surface area (Å²) in [5.41, 5.74) is 1.58. The number of aliphatic imine (C=N–C) groups is 1. The summed E-state index contributed by atoms with van der Waals surface area (Å²) in [6.07, 6.45) is 0. The summed E-state index contributed by atoms with van der Waals surface area (Å²) in [6, 6.07) is 16.9. The highest BCUT2D eigenvalue weighted by atomic mass is 35.5. The second-order valence-corrected chi connectivity index (χ2v) is 6.10. The van der Waals surface area contributed by atoms with Crippen LogP contribution in [0.5, 0.6) is 0 Å². The van der Waals surface area contributed by atoms with Crippen LogP contribution in [0.4, 0.5) is 0 Å². The molecule has 0 aliphatic carbocycles. The molecule has 3 nitrogen and oxygen atoms in total. The highest BCUT2D eigenvalue weighted by Crippen LogP contribution is 2.48. The third-order valence-corrected chi connectivity index (χ3v) is 4.90. The van der Waals surface area contributed by atoms with E-state index in [0.717, 1.165) is 16.0 Å². The van der Waals surface area contributed by atoms with Crippen LogP contribution < -0.4 is 0 Å². The van der Waals surface area contributed by atoms with E-state index in [4.69, 9.17) is 16.3 Å². The number of esters is 1. The number of rotatable bonds is 2. The second kappa shape index (κ2) is 5.54. The number of hydrogen-bond donors (Lipinski definition) is 0. The van der Waals surface area contributed by atoms with Crippen molar-refractivity contribution in [2.45, 2.75) is 9.77 Å². The van der Waals surface area contributed by atoms with Gasteiger partial charge < -0.3 is 4.74 Å². The maximum absolute atomic E-state index is 12.4. The van der Waals surface area contributed by atoms with E-state index in [2.05, 4.69) is 4.99 Å². The molecule has 0 radical (unpaired) electrons. The Morgan fingerprint density at radius 3 is 2.52 bits per heavy atom. The Bertz CT molecular complexity index is 717. The van der Waals surface area contributed by atoms with Crippen LogP contribution >= 0.6 is 23.4 Å². The number of benzene rings is 2. The quantitative estimate of drug-likeness (QED) is 0.791. The zero-order chi connectivity index (χ0) is 14.9. The van der Waals surface area contributed by atoms with Crippen molar-refractivity contribution < 1.29 is 9.53 Å². The van der Waals surface area contributed by atoms with Crippen LogP contribution in [-0.2, 0) is 14.4 Å². The first kappa shape index (κ1) is 14.2. The summed E-state index contributed by atoms with van der Waals surface area (Å²) >= 11 is 7.66. The number of thioether (sulfide) groups is 1. The molecule has 0 amide bonds. The Hall–Kier alpha value is -1.78. The lowest BCUT2D eigenvalue weighted by atomic mass is 10.1. The highest BCUT2D eigenvalue weighted by molar-refractivity contribution is 8.01. The Morgan fingerprint density at radius 1 is 1.14 bits per heavy atom. The predicted molar refractivity (Wildman–Crippen MR) is 84.8 cm³/mol. The summed E-state index contributed by atoms with van der Waals surface area (Å²) in [5.74, 6) is -0.439. The maximum atomic E-state index is 12.4. The molecular formula is C16H12ClNO2S. The Kier molecular flexibility index (Phi) is 3.74. The Balaban J connectivity index is 2.21. The van der Waals surface area contributed by atoms with E-state index in [9.17, 15) is 4.79 Å². The third-order valence-electron chi connectivity index (χ3n) is 3.25. The lowest BCUT2D eigenvalue weighted by Gasteiger charge is -2.31. The molecule has 3 rings (SSSR count). The van der Waals surface area contributed by atoms with Gasteiger partial charge in [-0.05, 0) is 6.07 Å². The van der Waals surface area contributed by atoms with E-state index in [0.29, 0.717) is 5.17 Å². The monoisotopic (exact) mass is 317 g/mol. The van der Waals surface area contributed by atoms with Crippen LogP contribution in [-0.4, -0.2) is 18.2 Å². The molecule has 0 saturated heterocycles. The molecule has 0 spiro atoms. The number of methoxy groups -OCH3 is 1. The Labute approximate surface area is 132 Å². The van der Waals surface area contributed by atoms with Crippen molar-refractivity contribution in [2.24, 2.45) is 4.99 Å². The number of hydrogen-bond acceptors (Lipinski definition) is 4. The molecule has 2 aromatic carbocycles. The van der Waals surface area contributed by atoms with Crippen molar-refractivity contribution in [1.82, 2.24) is 0 Å². The Morgan fingerprint density at radius 2 is 1.81 bits per heavy atom. The smallest absolute Gasteiger partial charge is 0.349 e. The molecule has 0 bridgehead atoms. The molecule has 0 fully saturated rings. The van der Waals surface area contributed by atoms with Gasteiger partial charge in [0, 0.05) is 16.0 Å². The van der Waals surface area contributed by atoms with Gasteiger partial charge in [-0.25, -0.2) is 9.79 Å². The first-order chi connectivity index (χ1) is 10.2. The van der Waals surface area contributed by atoms with Crippen LogP contribution in [0.25, 0.3) is 0 Å². The molecule has 1 unspecified atom stereocenters. The van der Waals surface area contributed by atoms with Crippen molar-refractivity contribution >= 4 is 34.5 Å². The zero-order valence-electron chi connectivity index (χ0n) is 11.2. The van der Waals surface area contributed by atoms with Crippen molar-refractivity contribution in [3.63, 3.8) is 0 Å². The van der Waals surface area contributed by atoms with Gasteiger partial charge in [0.2, 0.25) is 4.87 Å². The van der Waals surface area contributed by atoms with Crippen molar-refractivity contribution in [2.75, 3.05) is 7.11 Å². The minimum Gasteiger partial charge on any atom is -0.466 e. The van der Waals surface area contributed by atoms with Crippen molar-refractivity contribution in [3.05, 3.63) is 65.7 Å². The van der Waals surface area contributed by atoms with Crippen molar-refractivity contribution in [3.8, 4) is 0 Å². The fourth-order valence-corrected chi connectivity index (χ4v) is 3.93. The van der Waals surface area contributed by atoms with E-state index >= 15 is 0 Å². The minimum absolute atomic E-state index is 0.318. The molecule has 1 aliphatic heterocycles. The van der Waals surface area contributed by atoms with Gasteiger partial charge >= 0.3 is 5.97 Å². The highest BCUT2D eigenvalue weighted by Gasteiger charge is 2.46. The molecule has 0 N–H and O–H groups in total. The van der Waals surface area contributed by atoms with Gasteiger partial charge in [0.05, 0.1) is 7.11 Å². The van der Waals surface area contributed by atoms with Crippen molar-refractivity contribution in [1.29, 1.82) is 0 Å². The maximum Gasteiger partial charge on any atom is 0.349 e. The molecule has 1 atom stereocenters. The van der Waals surface area contributed by atoms with Gasteiger partial charge in [-0.2, -0.15) is 0 Å². The normalized spacial score (nSPS) is 20.4. The number of carbonyl (C=O) groups is 1. The summed E-state index contributed by atoms with van der Waals surface area (Å²) < 4.78 is 4.99. The molecule has 2 aromatic rings. The van der Waals surface area contributed by atoms with Gasteiger partial charge in [-0.15, -0.1) is 0 Å². The number of carbonyl (C=O) groups excluding carboxylic acids is 1. The topological polar surface area (TPSA) is 38.7 Å². The third kappa shape index (κ3) is 2.34. The summed E-state index contributed by atoms with van der Waals surface area (Å²) in [5, 5.41) is 0.318. The fourth-order valence-electron chi connectivity index (χ4n) is 2.24. The average Bonchev–Trinajstić information content (AvgIpc) is 2.54. The minimum atomic E-state index is -1.19. The lowest BCUT2D eigenvalue weighted by Crippen LogP contribution is -2.34. The molecular weight excluding hydrogens is 306 g/mol. The molecule has 0 saturated carbocycles. The summed E-state index contributed by atoms with van der Waals surface area (Å²) in [7, 11) is 1.36. The lowest BCUT2D eigenvalue weighted by molar-refractivity contribution is -0.143. The molecule has 106 valence electrons. The van der Waals surface area contributed by atoms with Crippen LogP contribution in [0.3, 0.4) is 0 Å². The van der Waals surface area contributed by atoms with E-state index in [1.165, 1.54) is 18.9 Å². The molecule has 5 heteroatoms. The predicted octanol–water partition coefficient (Wildman–Crippen LogP) is 3.80. The number of fused-ring (bicyclic) bond motifs is 1. The zero-order valence-corrected chi connectivity index (χ0v) is 12.8. The molecule has 21 heavy (non-hydrogen) atoms. The van der Waals surface area contributed by atoms with Crippen LogP contribution in [0.2, 0.25) is 0 Å². The van der Waals surface area contributed by atoms with Gasteiger partial charge in [0.1, 0.15) is 5.17 Å². The first-order valence-electron chi connectivity index (χ1n) is 6.35. The fraction of sp³-hybridized carbons (Fsp3) is 0.125. The van der Waals surface area contributed by atoms with E-state index in [1.807, 2.05) is 54.6 Å². The number of halogens is 1. The SMILES string of the molecule is COC(=O)C1(c2ccccc2)N=C(Cl)c2ccccc2S1. The summed E-state index contributed by atoms with van der Waals surface area (Å²) in [4.78, 5) is 16.6. The first-order valence-corrected chi connectivity index (χ1v) is 7.54. The van der Waals surface area contributed by atoms with E-state index < -0.39 is 10.8 Å². The number of nitrogens with zero attached hydrogens (tertiary/aromatic N) is 1. The van der Waals surface area contributed by atoms with E-state index in [1.54, 1.807) is 0 Å². The van der Waals surface area contributed by atoms with Gasteiger partial charge in [-0.3, -0.25) is 0 Å². The van der Waals surface area contributed by atoms with Gasteiger partial charge in [-0.1, -0.05) is 71.9 Å². The van der Waals surface area contributed by atoms with E-state index in [-0.39, 0.29) is 0 Å². The number of ether oxygens (including phenoxy) is 1. The largest absolute Gasteiger partial charge is 0.466 e. The van der Waals surface area contributed by atoms with Crippen LogP contribution in [0.15, 0.2) is 64.5 Å². The second-order valence-electron chi connectivity index (χ2n) is 4.50. The molecule has 1 aliphatic rings. The average molecular weight is 318 g/mol. The molecule has 0 aromatic heterocycles. The standard InChI is InChI=1S/C16H12ClNO2S/c1-20-15(19)16(11-7-3-2-4-8-11)18-14(17)12-9-5-6-10-13(12)21-16/h2-10H,1H3. The molecule has 1 heterocycles.